The van der Waals surface area contributed by atoms with Crippen LogP contribution in [0.5, 0.6) is 0 Å². The van der Waals surface area contributed by atoms with Crippen LogP contribution in [-0.2, 0) is 9.63 Å². The van der Waals surface area contributed by atoms with E-state index in [0.717, 1.165) is 23.1 Å². The lowest BCUT2D eigenvalue weighted by Gasteiger charge is -2.19. The van der Waals surface area contributed by atoms with E-state index < -0.39 is 6.10 Å². The topological polar surface area (TPSA) is 64.7 Å². The highest BCUT2D eigenvalue weighted by Crippen LogP contribution is 2.27. The molecule has 0 amide bonds. The highest BCUT2D eigenvalue weighted by atomic mass is 16.6. The molecule has 0 bridgehead atoms. The van der Waals surface area contributed by atoms with Crippen molar-refractivity contribution in [3.8, 4) is 0 Å². The maximum absolute atomic E-state index is 10.7. The monoisotopic (exact) mass is 190 g/mol. The maximum atomic E-state index is 10.7. The van der Waals surface area contributed by atoms with Crippen molar-refractivity contribution < 1.29 is 9.63 Å². The van der Waals surface area contributed by atoms with Crippen molar-refractivity contribution in [3.63, 3.8) is 0 Å². The number of benzene rings is 1. The number of nitrogen functional groups attached to an aromatic ring is 1. The van der Waals surface area contributed by atoms with Crippen molar-refractivity contribution in [1.29, 1.82) is 0 Å². The number of rotatable bonds is 1. The van der Waals surface area contributed by atoms with Crippen LogP contribution in [0.1, 0.15) is 24.2 Å². The predicted octanol–water partition coefficient (Wildman–Crippen LogP) is 1.26. The van der Waals surface area contributed by atoms with Gasteiger partial charge < -0.3 is 10.6 Å². The van der Waals surface area contributed by atoms with Crippen LogP contribution in [0.15, 0.2) is 23.4 Å². The number of hydrogen-bond donors (Lipinski definition) is 1. The summed E-state index contributed by atoms with van der Waals surface area (Å²) in [6.45, 7) is 1.82. The summed E-state index contributed by atoms with van der Waals surface area (Å²) >= 11 is 0. The first-order valence-corrected chi connectivity index (χ1v) is 4.28. The molecular formula is C10H10N2O2. The van der Waals surface area contributed by atoms with Crippen molar-refractivity contribution in [2.45, 2.75) is 13.0 Å². The van der Waals surface area contributed by atoms with Crippen LogP contribution in [0.25, 0.3) is 0 Å². The minimum absolute atomic E-state index is 0.603. The minimum atomic E-state index is -0.603. The molecule has 1 atom stereocenters. The van der Waals surface area contributed by atoms with Crippen molar-refractivity contribution in [2.24, 2.45) is 5.16 Å². The van der Waals surface area contributed by atoms with Gasteiger partial charge in [-0.1, -0.05) is 11.2 Å². The molecule has 1 aromatic carbocycles. The summed E-state index contributed by atoms with van der Waals surface area (Å²) in [5.41, 5.74) is 8.75. The first-order valence-electron chi connectivity index (χ1n) is 4.28. The van der Waals surface area contributed by atoms with Gasteiger partial charge in [-0.3, -0.25) is 4.79 Å². The van der Waals surface area contributed by atoms with Crippen LogP contribution in [0.3, 0.4) is 0 Å². The average molecular weight is 190 g/mol. The Labute approximate surface area is 81.3 Å². The molecule has 2 rings (SSSR count). The van der Waals surface area contributed by atoms with E-state index in [2.05, 4.69) is 5.16 Å². The molecule has 1 heterocycles. The number of nitrogens with zero attached hydrogens (tertiary/aromatic N) is 1. The van der Waals surface area contributed by atoms with E-state index in [0.29, 0.717) is 5.69 Å². The average Bonchev–Trinajstić information content (AvgIpc) is 2.19. The summed E-state index contributed by atoms with van der Waals surface area (Å²) in [5.74, 6) is 0. The number of oxime groups is 1. The van der Waals surface area contributed by atoms with Gasteiger partial charge in [-0.15, -0.1) is 0 Å². The minimum Gasteiger partial charge on any atom is -0.399 e. The third-order valence-electron chi connectivity index (χ3n) is 2.20. The van der Waals surface area contributed by atoms with Gasteiger partial charge >= 0.3 is 0 Å². The van der Waals surface area contributed by atoms with Crippen molar-refractivity contribution in [1.82, 2.24) is 0 Å². The fourth-order valence-corrected chi connectivity index (χ4v) is 1.48. The number of nitrogens with two attached hydrogens (primary N) is 1. The Morgan fingerprint density at radius 1 is 1.57 bits per heavy atom. The van der Waals surface area contributed by atoms with Gasteiger partial charge in [-0.05, 0) is 19.1 Å². The number of fused-ring (bicyclic) bond motifs is 1. The summed E-state index contributed by atoms with van der Waals surface area (Å²) in [6.07, 6.45) is 0.125. The summed E-state index contributed by atoms with van der Waals surface area (Å²) in [7, 11) is 0. The molecule has 4 heteroatoms. The van der Waals surface area contributed by atoms with Crippen LogP contribution >= 0.6 is 0 Å². The summed E-state index contributed by atoms with van der Waals surface area (Å²) in [5, 5.41) is 3.79. The van der Waals surface area contributed by atoms with Crippen molar-refractivity contribution >= 4 is 17.7 Å². The van der Waals surface area contributed by atoms with E-state index in [9.17, 15) is 4.79 Å². The first-order chi connectivity index (χ1) is 6.72. The zero-order valence-electron chi connectivity index (χ0n) is 7.73. The summed E-state index contributed by atoms with van der Waals surface area (Å²) in [6, 6.07) is 5.34. The van der Waals surface area contributed by atoms with Crippen molar-refractivity contribution in [3.05, 3.63) is 29.3 Å². The Hall–Kier alpha value is -1.84. The van der Waals surface area contributed by atoms with Gasteiger partial charge in [0.25, 0.3) is 0 Å². The third-order valence-corrected chi connectivity index (χ3v) is 2.20. The first kappa shape index (κ1) is 8.74. The second-order valence-corrected chi connectivity index (χ2v) is 3.19. The molecule has 1 aliphatic heterocycles. The molecule has 0 aromatic heterocycles. The van der Waals surface area contributed by atoms with Crippen LogP contribution in [0.2, 0.25) is 0 Å². The SMILES string of the molecule is CC1=NOC(C=O)c2ccc(N)cc21. The normalized spacial score (nSPS) is 19.2. The van der Waals surface area contributed by atoms with E-state index in [1.165, 1.54) is 0 Å². The fourth-order valence-electron chi connectivity index (χ4n) is 1.48. The van der Waals surface area contributed by atoms with Gasteiger partial charge in [0, 0.05) is 16.8 Å². The van der Waals surface area contributed by atoms with Crippen LogP contribution < -0.4 is 5.73 Å². The Bertz CT molecular complexity index is 413. The van der Waals surface area contributed by atoms with Gasteiger partial charge in [0.15, 0.2) is 6.29 Å². The number of hydrogen-bond acceptors (Lipinski definition) is 4. The fraction of sp³-hybridized carbons (Fsp3) is 0.200. The molecule has 1 unspecified atom stereocenters. The van der Waals surface area contributed by atoms with Gasteiger partial charge in [0.1, 0.15) is 0 Å². The number of carbonyl (C=O) groups is 1. The van der Waals surface area contributed by atoms with Crippen LogP contribution in [-0.4, -0.2) is 12.0 Å². The van der Waals surface area contributed by atoms with E-state index in [1.807, 2.05) is 6.92 Å². The highest BCUT2D eigenvalue weighted by Gasteiger charge is 2.22. The summed E-state index contributed by atoms with van der Waals surface area (Å²) < 4.78 is 0. The number of carbonyl (C=O) groups excluding carboxylic acids is 1. The van der Waals surface area contributed by atoms with Crippen molar-refractivity contribution in [2.75, 3.05) is 5.73 Å². The van der Waals surface area contributed by atoms with Gasteiger partial charge in [0.05, 0.1) is 5.71 Å². The largest absolute Gasteiger partial charge is 0.399 e. The molecule has 14 heavy (non-hydrogen) atoms. The van der Waals surface area contributed by atoms with Crippen LogP contribution in [0.4, 0.5) is 5.69 Å². The Kier molecular flexibility index (Phi) is 1.96. The molecule has 2 N–H and O–H groups in total. The number of anilines is 1. The van der Waals surface area contributed by atoms with Gasteiger partial charge in [0.2, 0.25) is 6.10 Å². The Morgan fingerprint density at radius 2 is 2.36 bits per heavy atom. The van der Waals surface area contributed by atoms with E-state index >= 15 is 0 Å². The zero-order valence-corrected chi connectivity index (χ0v) is 7.73. The van der Waals surface area contributed by atoms with E-state index in [4.69, 9.17) is 10.6 Å². The third kappa shape index (κ3) is 1.25. The molecule has 0 spiro atoms. The molecule has 0 fully saturated rings. The summed E-state index contributed by atoms with van der Waals surface area (Å²) in [4.78, 5) is 15.7. The van der Waals surface area contributed by atoms with Crippen LogP contribution in [0, 0.1) is 0 Å². The Balaban J connectivity index is 2.58. The standard InChI is InChI=1S/C10H10N2O2/c1-6-9-4-7(11)2-3-8(9)10(5-13)14-12-6/h2-5,10H,11H2,1H3. The van der Waals surface area contributed by atoms with Gasteiger partial charge in [-0.25, -0.2) is 0 Å². The van der Waals surface area contributed by atoms with E-state index in [1.54, 1.807) is 18.2 Å². The molecule has 0 aliphatic carbocycles. The predicted molar refractivity (Wildman–Crippen MR) is 53.0 cm³/mol. The lowest BCUT2D eigenvalue weighted by atomic mass is 9.98. The molecule has 1 aliphatic rings. The molecule has 1 aromatic rings. The lowest BCUT2D eigenvalue weighted by molar-refractivity contribution is -0.118. The maximum Gasteiger partial charge on any atom is 0.208 e. The smallest absolute Gasteiger partial charge is 0.208 e. The second-order valence-electron chi connectivity index (χ2n) is 3.19. The quantitative estimate of drug-likeness (QED) is 0.535. The molecular weight excluding hydrogens is 180 g/mol. The van der Waals surface area contributed by atoms with Gasteiger partial charge in [-0.2, -0.15) is 0 Å². The lowest BCUT2D eigenvalue weighted by Crippen LogP contribution is -2.15. The molecule has 4 nitrogen and oxygen atoms in total. The number of aldehydes is 1. The molecule has 0 saturated heterocycles. The molecule has 72 valence electrons. The Morgan fingerprint density at radius 3 is 3.07 bits per heavy atom. The molecule has 0 radical (unpaired) electrons. The van der Waals surface area contributed by atoms with E-state index in [-0.39, 0.29) is 0 Å². The second kappa shape index (κ2) is 3.14. The molecule has 0 saturated carbocycles. The zero-order chi connectivity index (χ0) is 10.1. The highest BCUT2D eigenvalue weighted by molar-refractivity contribution is 6.01.